The van der Waals surface area contributed by atoms with Crippen LogP contribution in [0.1, 0.15) is 27.4 Å². The number of urea groups is 1. The van der Waals surface area contributed by atoms with Gasteiger partial charge in [-0.15, -0.1) is 0 Å². The number of furan rings is 1. The number of rotatable bonds is 7. The smallest absolute Gasteiger partial charge is 0.373 e. The molecule has 0 aliphatic carbocycles. The molecule has 3 aromatic rings. The van der Waals surface area contributed by atoms with Crippen molar-refractivity contribution in [2.45, 2.75) is 13.2 Å². The zero-order valence-corrected chi connectivity index (χ0v) is 21.8. The highest BCUT2D eigenvalue weighted by Gasteiger charge is 2.34. The van der Waals surface area contributed by atoms with E-state index in [-0.39, 0.29) is 23.8 Å². The van der Waals surface area contributed by atoms with Crippen LogP contribution in [0.4, 0.5) is 4.79 Å². The first-order chi connectivity index (χ1) is 16.7. The maximum absolute atomic E-state index is 12.8. The molecule has 180 valence electrons. The lowest BCUT2D eigenvalue weighted by atomic mass is 10.2. The van der Waals surface area contributed by atoms with Gasteiger partial charge in [0.05, 0.1) is 27.3 Å². The maximum atomic E-state index is 12.8. The van der Waals surface area contributed by atoms with E-state index in [0.29, 0.717) is 28.0 Å². The molecule has 1 fully saturated rings. The fraction of sp³-hybridized carbons (Fsp3) is 0.125. The topological polar surface area (TPSA) is 98.1 Å². The fourth-order valence-electron chi connectivity index (χ4n) is 3.23. The summed E-state index contributed by atoms with van der Waals surface area (Å²) in [5, 5.41) is 3.49. The van der Waals surface area contributed by atoms with Crippen molar-refractivity contribution < 1.29 is 28.3 Å². The molecule has 2 heterocycles. The summed E-state index contributed by atoms with van der Waals surface area (Å²) in [6, 6.07) is 13.0. The van der Waals surface area contributed by atoms with Crippen LogP contribution in [0.25, 0.3) is 6.08 Å². The van der Waals surface area contributed by atoms with Crippen molar-refractivity contribution in [1.82, 2.24) is 10.2 Å². The molecule has 0 bridgehead atoms. The molecule has 1 aromatic heterocycles. The summed E-state index contributed by atoms with van der Waals surface area (Å²) in [6.45, 7) is 0.180. The van der Waals surface area contributed by atoms with Crippen LogP contribution in [0.5, 0.6) is 5.75 Å². The summed E-state index contributed by atoms with van der Waals surface area (Å²) in [7, 11) is 1.23. The van der Waals surface area contributed by atoms with Gasteiger partial charge in [-0.05, 0) is 76.2 Å². The second-order valence-electron chi connectivity index (χ2n) is 7.36. The van der Waals surface area contributed by atoms with E-state index in [9.17, 15) is 14.4 Å². The highest BCUT2D eigenvalue weighted by Crippen LogP contribution is 2.27. The zero-order valence-electron chi connectivity index (χ0n) is 18.1. The second-order valence-corrected chi connectivity index (χ2v) is 9.34. The Balaban J connectivity index is 1.43. The van der Waals surface area contributed by atoms with Gasteiger partial charge in [0.15, 0.2) is 0 Å². The summed E-state index contributed by atoms with van der Waals surface area (Å²) in [5.41, 5.74) is 1.69. The van der Waals surface area contributed by atoms with Gasteiger partial charge in [0.1, 0.15) is 23.8 Å². The molecule has 0 radical (unpaired) electrons. The van der Waals surface area contributed by atoms with E-state index in [0.717, 1.165) is 14.0 Å². The average molecular weight is 627 g/mol. The van der Waals surface area contributed by atoms with Gasteiger partial charge < -0.3 is 19.2 Å². The average Bonchev–Trinajstić information content (AvgIpc) is 3.40. The minimum Gasteiger partial charge on any atom is -0.488 e. The molecule has 0 atom stereocenters. The van der Waals surface area contributed by atoms with E-state index in [4.69, 9.17) is 32.4 Å². The van der Waals surface area contributed by atoms with Crippen LogP contribution in [-0.4, -0.2) is 29.9 Å². The molecule has 2 aromatic carbocycles. The number of carbonyl (C=O) groups excluding carboxylic acids is 3. The molecule has 8 nitrogen and oxygen atoms in total. The van der Waals surface area contributed by atoms with Crippen LogP contribution in [0.3, 0.4) is 0 Å². The summed E-state index contributed by atoms with van der Waals surface area (Å²) < 4.78 is 16.6. The van der Waals surface area contributed by atoms with E-state index in [1.165, 1.54) is 19.2 Å². The molecule has 3 amide bonds. The summed E-state index contributed by atoms with van der Waals surface area (Å²) >= 11 is 14.1. The molecular formula is C24H17Cl2IN2O6. The Kier molecular flexibility index (Phi) is 7.68. The normalized spacial score (nSPS) is 14.4. The first kappa shape index (κ1) is 25.1. The molecular weight excluding hydrogens is 610 g/mol. The zero-order chi connectivity index (χ0) is 25.1. The molecule has 1 aliphatic rings. The molecule has 35 heavy (non-hydrogen) atoms. The molecule has 0 unspecified atom stereocenters. The van der Waals surface area contributed by atoms with Crippen molar-refractivity contribution >= 4 is 69.8 Å². The number of benzene rings is 2. The highest BCUT2D eigenvalue weighted by atomic mass is 127. The van der Waals surface area contributed by atoms with Gasteiger partial charge >= 0.3 is 12.0 Å². The predicted octanol–water partition coefficient (Wildman–Crippen LogP) is 5.65. The van der Waals surface area contributed by atoms with Crippen LogP contribution >= 0.6 is 45.8 Å². The Morgan fingerprint density at radius 2 is 1.91 bits per heavy atom. The minimum atomic E-state index is -0.645. The van der Waals surface area contributed by atoms with Crippen molar-refractivity contribution in [2.75, 3.05) is 7.11 Å². The Labute approximate surface area is 223 Å². The number of esters is 1. The Bertz CT molecular complexity index is 1350. The van der Waals surface area contributed by atoms with Crippen LogP contribution in [0.2, 0.25) is 10.0 Å². The van der Waals surface area contributed by atoms with Crippen LogP contribution in [0.15, 0.2) is 58.6 Å². The van der Waals surface area contributed by atoms with Gasteiger partial charge in [0.25, 0.3) is 5.91 Å². The Hall–Kier alpha value is -3.02. The predicted molar refractivity (Wildman–Crippen MR) is 137 cm³/mol. The first-order valence-electron chi connectivity index (χ1n) is 10.1. The van der Waals surface area contributed by atoms with E-state index in [1.54, 1.807) is 30.3 Å². The summed E-state index contributed by atoms with van der Waals surface area (Å²) in [4.78, 5) is 37.7. The van der Waals surface area contributed by atoms with Crippen LogP contribution in [0, 0.1) is 3.57 Å². The molecule has 0 spiro atoms. The van der Waals surface area contributed by atoms with E-state index < -0.39 is 17.9 Å². The number of nitrogens with zero attached hydrogens (tertiary/aromatic N) is 1. The number of imide groups is 1. The third kappa shape index (κ3) is 5.80. The lowest BCUT2D eigenvalue weighted by molar-refractivity contribution is -0.123. The van der Waals surface area contributed by atoms with Crippen molar-refractivity contribution in [3.8, 4) is 5.75 Å². The fourth-order valence-corrected chi connectivity index (χ4v) is 4.24. The number of carbonyl (C=O) groups is 3. The van der Waals surface area contributed by atoms with Gasteiger partial charge in [-0.2, -0.15) is 0 Å². The Morgan fingerprint density at radius 3 is 2.63 bits per heavy atom. The third-order valence-corrected chi connectivity index (χ3v) is 6.55. The second kappa shape index (κ2) is 10.7. The number of nitrogens with one attached hydrogen (secondary N) is 1. The first-order valence-corrected chi connectivity index (χ1v) is 12.0. The molecule has 4 rings (SSSR count). The van der Waals surface area contributed by atoms with Gasteiger partial charge in [-0.3, -0.25) is 9.69 Å². The number of amides is 3. The Morgan fingerprint density at radius 1 is 1.11 bits per heavy atom. The number of ether oxygens (including phenoxy) is 2. The van der Waals surface area contributed by atoms with Gasteiger partial charge in [-0.1, -0.05) is 35.3 Å². The summed E-state index contributed by atoms with van der Waals surface area (Å²) in [5.74, 6) is -0.245. The van der Waals surface area contributed by atoms with Gasteiger partial charge in [-0.25, -0.2) is 9.59 Å². The highest BCUT2D eigenvalue weighted by molar-refractivity contribution is 14.1. The maximum Gasteiger partial charge on any atom is 0.373 e. The van der Waals surface area contributed by atoms with Crippen LogP contribution in [-0.2, 0) is 22.7 Å². The lowest BCUT2D eigenvalue weighted by Gasteiger charge is -2.10. The number of halogens is 3. The number of hydrogen-bond acceptors (Lipinski definition) is 6. The number of methoxy groups -OCH3 is 1. The van der Waals surface area contributed by atoms with Crippen molar-refractivity contribution in [1.29, 1.82) is 0 Å². The third-order valence-electron chi connectivity index (χ3n) is 4.97. The SMILES string of the molecule is COC(=O)c1ccc(CN2C(=O)N/C(=C\c3ccc(OCc4ccc(Cl)c(Cl)c4)c(I)c3)C2=O)o1. The van der Waals surface area contributed by atoms with Gasteiger partial charge in [0.2, 0.25) is 5.76 Å². The van der Waals surface area contributed by atoms with Crippen molar-refractivity contribution in [3.05, 3.63) is 90.5 Å². The van der Waals surface area contributed by atoms with Crippen LogP contribution < -0.4 is 10.1 Å². The van der Waals surface area contributed by atoms with E-state index >= 15 is 0 Å². The molecule has 11 heteroatoms. The quantitative estimate of drug-likeness (QED) is 0.158. The van der Waals surface area contributed by atoms with E-state index in [2.05, 4.69) is 32.6 Å². The molecule has 1 aliphatic heterocycles. The van der Waals surface area contributed by atoms with E-state index in [1.807, 2.05) is 12.1 Å². The van der Waals surface area contributed by atoms with Crippen molar-refractivity contribution in [2.24, 2.45) is 0 Å². The monoisotopic (exact) mass is 626 g/mol. The summed E-state index contributed by atoms with van der Waals surface area (Å²) in [6.07, 6.45) is 1.58. The minimum absolute atomic E-state index is 0.0126. The standard InChI is InChI=1S/C24H17Cl2IN2O6/c1-33-23(31)21-7-4-15(35-21)11-29-22(30)19(28-24(29)32)10-13-3-6-20(18(27)9-13)34-12-14-2-5-16(25)17(26)8-14/h2-10H,11-12H2,1H3,(H,28,32)/b19-10-. The lowest BCUT2D eigenvalue weighted by Crippen LogP contribution is -2.30. The van der Waals surface area contributed by atoms with Gasteiger partial charge in [0, 0.05) is 0 Å². The largest absolute Gasteiger partial charge is 0.488 e. The molecule has 0 saturated carbocycles. The molecule has 1 N–H and O–H groups in total. The number of hydrogen-bond donors (Lipinski definition) is 1. The van der Waals surface area contributed by atoms with Crippen molar-refractivity contribution in [3.63, 3.8) is 0 Å². The molecule has 1 saturated heterocycles.